The summed E-state index contributed by atoms with van der Waals surface area (Å²) in [6.45, 7) is 2.18. The highest BCUT2D eigenvalue weighted by molar-refractivity contribution is 8.13. The SMILES string of the molecule is CCCCCSC1=NN2C(=c3ccccc3=N[C@@H]2c2c(OC)ccc3ccccc23)C(=O)N1. The third-order valence-corrected chi connectivity index (χ3v) is 6.86. The zero-order chi connectivity index (χ0) is 22.8. The van der Waals surface area contributed by atoms with Crippen LogP contribution in [-0.4, -0.2) is 28.9 Å². The highest BCUT2D eigenvalue weighted by Gasteiger charge is 2.36. The number of amides is 1. The van der Waals surface area contributed by atoms with Gasteiger partial charge in [-0.1, -0.05) is 80.1 Å². The highest BCUT2D eigenvalue weighted by atomic mass is 32.2. The molecule has 33 heavy (non-hydrogen) atoms. The summed E-state index contributed by atoms with van der Waals surface area (Å²) in [7, 11) is 1.66. The molecule has 168 valence electrons. The molecule has 0 fully saturated rings. The maximum atomic E-state index is 13.3. The number of benzene rings is 3. The second-order valence-corrected chi connectivity index (χ2v) is 9.11. The summed E-state index contributed by atoms with van der Waals surface area (Å²) >= 11 is 1.58. The number of hydrogen-bond donors (Lipinski definition) is 1. The van der Waals surface area contributed by atoms with Gasteiger partial charge in [0.25, 0.3) is 5.91 Å². The van der Waals surface area contributed by atoms with Crippen LogP contribution in [0.25, 0.3) is 16.5 Å². The van der Waals surface area contributed by atoms with Crippen LogP contribution >= 0.6 is 11.8 Å². The van der Waals surface area contributed by atoms with E-state index < -0.39 is 6.17 Å². The van der Waals surface area contributed by atoms with E-state index in [4.69, 9.17) is 14.8 Å². The Kier molecular flexibility index (Phi) is 6.05. The van der Waals surface area contributed by atoms with Crippen molar-refractivity contribution in [1.29, 1.82) is 0 Å². The summed E-state index contributed by atoms with van der Waals surface area (Å²) < 4.78 is 5.77. The summed E-state index contributed by atoms with van der Waals surface area (Å²) in [5.74, 6) is 1.47. The molecular weight excluding hydrogens is 432 g/mol. The quantitative estimate of drug-likeness (QED) is 0.569. The predicted molar refractivity (Wildman–Crippen MR) is 133 cm³/mol. The van der Waals surface area contributed by atoms with E-state index in [1.807, 2.05) is 48.5 Å². The molecule has 3 aromatic carbocycles. The van der Waals surface area contributed by atoms with Gasteiger partial charge in [0.05, 0.1) is 12.5 Å². The van der Waals surface area contributed by atoms with E-state index in [0.29, 0.717) is 10.9 Å². The van der Waals surface area contributed by atoms with E-state index in [1.54, 1.807) is 23.9 Å². The Morgan fingerprint density at radius 2 is 1.88 bits per heavy atom. The second-order valence-electron chi connectivity index (χ2n) is 8.03. The van der Waals surface area contributed by atoms with E-state index in [2.05, 4.69) is 24.4 Å². The number of thioether (sulfide) groups is 1. The van der Waals surface area contributed by atoms with Gasteiger partial charge in [-0.25, -0.2) is 5.01 Å². The average molecular weight is 459 g/mol. The number of para-hydroxylation sites is 1. The molecule has 3 aromatic rings. The second kappa shape index (κ2) is 9.27. The van der Waals surface area contributed by atoms with Crippen LogP contribution in [-0.2, 0) is 4.79 Å². The van der Waals surface area contributed by atoms with Crippen LogP contribution < -0.4 is 20.6 Å². The zero-order valence-electron chi connectivity index (χ0n) is 18.7. The maximum absolute atomic E-state index is 13.3. The predicted octanol–water partition coefficient (Wildman–Crippen LogP) is 3.91. The van der Waals surface area contributed by atoms with Crippen LogP contribution in [0.2, 0.25) is 0 Å². The number of carbonyl (C=O) groups is 1. The molecule has 5 rings (SSSR count). The van der Waals surface area contributed by atoms with Gasteiger partial charge in [0.2, 0.25) is 0 Å². The van der Waals surface area contributed by atoms with Crippen molar-refractivity contribution in [3.63, 3.8) is 0 Å². The lowest BCUT2D eigenvalue weighted by atomic mass is 9.99. The first-order chi connectivity index (χ1) is 16.2. The Balaban J connectivity index is 1.69. The molecule has 0 radical (unpaired) electrons. The van der Waals surface area contributed by atoms with Crippen molar-refractivity contribution in [2.75, 3.05) is 12.9 Å². The number of hydrogen-bond acceptors (Lipinski definition) is 6. The van der Waals surface area contributed by atoms with E-state index >= 15 is 0 Å². The Labute approximate surface area is 197 Å². The summed E-state index contributed by atoms with van der Waals surface area (Å²) in [6.07, 6.45) is 2.88. The Morgan fingerprint density at radius 3 is 2.73 bits per heavy atom. The number of methoxy groups -OCH3 is 1. The van der Waals surface area contributed by atoms with Crippen molar-refractivity contribution in [2.24, 2.45) is 10.1 Å². The third-order valence-electron chi connectivity index (χ3n) is 5.91. The molecular formula is C26H26N4O2S. The van der Waals surface area contributed by atoms with Crippen LogP contribution in [0.1, 0.15) is 37.9 Å². The first-order valence-electron chi connectivity index (χ1n) is 11.3. The van der Waals surface area contributed by atoms with Crippen LogP contribution in [0.5, 0.6) is 5.75 Å². The molecule has 2 aliphatic rings. The average Bonchev–Trinajstić information content (AvgIpc) is 2.85. The number of nitrogens with one attached hydrogen (secondary N) is 1. The van der Waals surface area contributed by atoms with Gasteiger partial charge in [0, 0.05) is 16.5 Å². The first-order valence-corrected chi connectivity index (χ1v) is 12.2. The zero-order valence-corrected chi connectivity index (χ0v) is 19.6. The Bertz CT molecular complexity index is 1370. The van der Waals surface area contributed by atoms with Crippen molar-refractivity contribution in [3.8, 4) is 5.75 Å². The minimum Gasteiger partial charge on any atom is -0.496 e. The number of nitrogens with zero attached hydrogens (tertiary/aromatic N) is 3. The largest absolute Gasteiger partial charge is 0.496 e. The van der Waals surface area contributed by atoms with Crippen molar-refractivity contribution < 1.29 is 9.53 Å². The van der Waals surface area contributed by atoms with Crippen molar-refractivity contribution in [1.82, 2.24) is 10.3 Å². The van der Waals surface area contributed by atoms with Gasteiger partial charge in [-0.3, -0.25) is 15.1 Å². The van der Waals surface area contributed by atoms with Gasteiger partial charge in [0.15, 0.2) is 11.3 Å². The molecule has 2 heterocycles. The number of rotatable bonds is 6. The fourth-order valence-electron chi connectivity index (χ4n) is 4.32. The van der Waals surface area contributed by atoms with Gasteiger partial charge >= 0.3 is 0 Å². The van der Waals surface area contributed by atoms with E-state index in [1.165, 1.54) is 0 Å². The summed E-state index contributed by atoms with van der Waals surface area (Å²) in [6, 6.07) is 19.9. The van der Waals surface area contributed by atoms with E-state index in [-0.39, 0.29) is 5.91 Å². The van der Waals surface area contributed by atoms with Crippen molar-refractivity contribution >= 4 is 39.3 Å². The lowest BCUT2D eigenvalue weighted by Crippen LogP contribution is -2.50. The standard InChI is InChI=1S/C26H26N4O2S/c1-3-4-9-16-33-26-28-25(31)23-19-12-7-8-13-20(19)27-24(30(23)29-26)22-18-11-6-5-10-17(18)14-15-21(22)32-2/h5-8,10-15,24H,3-4,9,16H2,1-2H3,(H,28,29,31)/t24-/m0/s1. The molecule has 0 saturated carbocycles. The van der Waals surface area contributed by atoms with Gasteiger partial charge in [-0.05, 0) is 29.3 Å². The third kappa shape index (κ3) is 3.97. The lowest BCUT2D eigenvalue weighted by molar-refractivity contribution is -0.116. The molecule has 0 spiro atoms. The summed E-state index contributed by atoms with van der Waals surface area (Å²) in [5.41, 5.74) is 1.41. The van der Waals surface area contributed by atoms with Gasteiger partial charge < -0.3 is 4.74 Å². The highest BCUT2D eigenvalue weighted by Crippen LogP contribution is 2.40. The minimum absolute atomic E-state index is 0.158. The molecule has 7 heteroatoms. The Morgan fingerprint density at radius 1 is 1.06 bits per heavy atom. The first kappa shape index (κ1) is 21.5. The maximum Gasteiger partial charge on any atom is 0.276 e. The fraction of sp³-hybridized carbons (Fsp3) is 0.269. The van der Waals surface area contributed by atoms with E-state index in [9.17, 15) is 4.79 Å². The summed E-state index contributed by atoms with van der Waals surface area (Å²) in [4.78, 5) is 18.4. The number of hydrazone groups is 1. The number of carbonyl (C=O) groups excluding carboxylic acids is 1. The van der Waals surface area contributed by atoms with Gasteiger partial charge in [0.1, 0.15) is 11.4 Å². The number of unbranched alkanes of at least 4 members (excludes halogenated alkanes) is 2. The molecule has 6 nitrogen and oxygen atoms in total. The number of amidine groups is 1. The Hall–Kier alpha value is -3.32. The van der Waals surface area contributed by atoms with Crippen LogP contribution in [0, 0.1) is 0 Å². The molecule has 1 atom stereocenters. The molecule has 1 amide bonds. The molecule has 1 N–H and O–H groups in total. The molecule has 0 saturated heterocycles. The minimum atomic E-state index is -0.520. The van der Waals surface area contributed by atoms with E-state index in [0.717, 1.165) is 57.7 Å². The molecule has 0 aliphatic carbocycles. The van der Waals surface area contributed by atoms with Gasteiger partial charge in [-0.15, -0.1) is 5.10 Å². The smallest absolute Gasteiger partial charge is 0.276 e. The molecule has 0 bridgehead atoms. The topological polar surface area (TPSA) is 66.3 Å². The molecule has 0 unspecified atom stereocenters. The van der Waals surface area contributed by atoms with Gasteiger partial charge in [-0.2, -0.15) is 0 Å². The molecule has 0 aromatic heterocycles. The summed E-state index contributed by atoms with van der Waals surface area (Å²) in [5, 5.41) is 13.9. The van der Waals surface area contributed by atoms with Crippen molar-refractivity contribution in [2.45, 2.75) is 32.4 Å². The van der Waals surface area contributed by atoms with Crippen LogP contribution in [0.3, 0.4) is 0 Å². The number of ether oxygens (including phenoxy) is 1. The van der Waals surface area contributed by atoms with Crippen LogP contribution in [0.4, 0.5) is 0 Å². The van der Waals surface area contributed by atoms with Crippen LogP contribution in [0.15, 0.2) is 70.8 Å². The molecule has 2 aliphatic heterocycles. The normalized spacial score (nSPS) is 17.1. The monoisotopic (exact) mass is 458 g/mol. The fourth-order valence-corrected chi connectivity index (χ4v) is 5.17. The van der Waals surface area contributed by atoms with Crippen molar-refractivity contribution in [3.05, 3.63) is 76.8 Å². The number of fused-ring (bicyclic) bond motifs is 3. The lowest BCUT2D eigenvalue weighted by Gasteiger charge is -2.35.